The molecule has 0 saturated carbocycles. The summed E-state index contributed by atoms with van der Waals surface area (Å²) in [4.78, 5) is 22.5. The van der Waals surface area contributed by atoms with Crippen LogP contribution in [0.5, 0.6) is 0 Å². The summed E-state index contributed by atoms with van der Waals surface area (Å²) < 4.78 is 1.77. The molecule has 1 aliphatic rings. The van der Waals surface area contributed by atoms with Crippen molar-refractivity contribution in [1.29, 1.82) is 0 Å². The first-order valence-corrected chi connectivity index (χ1v) is 5.28. The average molecular weight is 236 g/mol. The van der Waals surface area contributed by atoms with Crippen molar-refractivity contribution in [2.24, 2.45) is 5.73 Å². The molecule has 1 fully saturated rings. The monoisotopic (exact) mass is 236 g/mol. The number of aromatic nitrogens is 1. The number of carboxylic acid groups (broad SMARTS) is 1. The zero-order chi connectivity index (χ0) is 12.5. The molecule has 2 rings (SSSR count). The lowest BCUT2D eigenvalue weighted by atomic mass is 9.96. The molecule has 0 aromatic carbocycles. The van der Waals surface area contributed by atoms with Gasteiger partial charge in [0.05, 0.1) is 0 Å². The van der Waals surface area contributed by atoms with Crippen LogP contribution < -0.4 is 15.6 Å². The lowest BCUT2D eigenvalue weighted by molar-refractivity contribution is -0.701. The fourth-order valence-electron chi connectivity index (χ4n) is 1.96. The van der Waals surface area contributed by atoms with Gasteiger partial charge >= 0.3 is 5.97 Å². The van der Waals surface area contributed by atoms with Gasteiger partial charge in [0.1, 0.15) is 6.04 Å². The van der Waals surface area contributed by atoms with Gasteiger partial charge in [-0.15, -0.1) is 0 Å². The van der Waals surface area contributed by atoms with Crippen molar-refractivity contribution >= 4 is 11.9 Å². The number of nitrogens with one attached hydrogen (secondary N) is 1. The molecule has 1 aromatic heterocycles. The molecule has 0 spiro atoms. The molecule has 2 heterocycles. The Labute approximate surface area is 98.1 Å². The van der Waals surface area contributed by atoms with Crippen molar-refractivity contribution in [2.45, 2.75) is 24.5 Å². The summed E-state index contributed by atoms with van der Waals surface area (Å²) in [6.07, 6.45) is 3.68. The third-order valence-electron chi connectivity index (χ3n) is 2.87. The SMILES string of the molecule is NC1(C[n+]2ccccc2)CC(C(=O)O)NC1=O. The van der Waals surface area contributed by atoms with Crippen molar-refractivity contribution in [1.82, 2.24) is 5.32 Å². The molecule has 17 heavy (non-hydrogen) atoms. The van der Waals surface area contributed by atoms with E-state index in [0.29, 0.717) is 0 Å². The number of carboxylic acids is 1. The van der Waals surface area contributed by atoms with E-state index in [1.165, 1.54) is 0 Å². The fourth-order valence-corrected chi connectivity index (χ4v) is 1.96. The van der Waals surface area contributed by atoms with Crippen LogP contribution in [0.25, 0.3) is 0 Å². The van der Waals surface area contributed by atoms with Gasteiger partial charge in [-0.2, -0.15) is 0 Å². The maximum atomic E-state index is 11.7. The maximum absolute atomic E-state index is 11.7. The predicted octanol–water partition coefficient (Wildman–Crippen LogP) is -1.36. The number of hydrogen-bond donors (Lipinski definition) is 3. The van der Waals surface area contributed by atoms with Crippen molar-refractivity contribution < 1.29 is 19.3 Å². The molecular weight excluding hydrogens is 222 g/mol. The number of carbonyl (C=O) groups is 2. The average Bonchev–Trinajstić information content (AvgIpc) is 2.57. The Morgan fingerprint density at radius 1 is 1.53 bits per heavy atom. The van der Waals surface area contributed by atoms with Crippen LogP contribution in [-0.4, -0.2) is 28.6 Å². The summed E-state index contributed by atoms with van der Waals surface area (Å²) in [5.74, 6) is -1.47. The number of nitrogens with two attached hydrogens (primary N) is 1. The Bertz CT molecular complexity index is 449. The van der Waals surface area contributed by atoms with E-state index in [1.54, 1.807) is 17.0 Å². The number of rotatable bonds is 3. The van der Waals surface area contributed by atoms with Crippen LogP contribution >= 0.6 is 0 Å². The summed E-state index contributed by atoms with van der Waals surface area (Å²) in [6.45, 7) is 0.267. The van der Waals surface area contributed by atoms with Crippen LogP contribution in [0.2, 0.25) is 0 Å². The molecule has 2 atom stereocenters. The number of amides is 1. The third-order valence-corrected chi connectivity index (χ3v) is 2.87. The Balaban J connectivity index is 2.15. The van der Waals surface area contributed by atoms with Gasteiger partial charge in [-0.1, -0.05) is 6.07 Å². The molecule has 4 N–H and O–H groups in total. The Kier molecular flexibility index (Phi) is 2.81. The first kappa shape index (κ1) is 11.5. The molecule has 6 heteroatoms. The first-order chi connectivity index (χ1) is 8.01. The zero-order valence-corrected chi connectivity index (χ0v) is 9.17. The number of carbonyl (C=O) groups excluding carboxylic acids is 1. The lowest BCUT2D eigenvalue weighted by Gasteiger charge is -2.16. The highest BCUT2D eigenvalue weighted by molar-refractivity contribution is 5.94. The molecule has 6 nitrogen and oxygen atoms in total. The van der Waals surface area contributed by atoms with E-state index in [1.807, 2.05) is 18.2 Å². The van der Waals surface area contributed by atoms with E-state index in [0.717, 1.165) is 0 Å². The summed E-state index contributed by atoms with van der Waals surface area (Å²) in [5.41, 5.74) is 4.81. The second kappa shape index (κ2) is 4.14. The topological polar surface area (TPSA) is 96.3 Å². The lowest BCUT2D eigenvalue weighted by Crippen LogP contribution is -2.57. The van der Waals surface area contributed by atoms with Gasteiger partial charge in [0, 0.05) is 18.6 Å². The highest BCUT2D eigenvalue weighted by Crippen LogP contribution is 2.18. The van der Waals surface area contributed by atoms with Crippen molar-refractivity contribution in [2.75, 3.05) is 0 Å². The van der Waals surface area contributed by atoms with Gasteiger partial charge in [-0.05, 0) is 0 Å². The number of hydrogen-bond acceptors (Lipinski definition) is 3. The van der Waals surface area contributed by atoms with Gasteiger partial charge in [0.2, 0.25) is 5.91 Å². The second-order valence-corrected chi connectivity index (χ2v) is 4.27. The van der Waals surface area contributed by atoms with Gasteiger partial charge in [-0.25, -0.2) is 9.36 Å². The van der Waals surface area contributed by atoms with Crippen LogP contribution in [-0.2, 0) is 16.1 Å². The smallest absolute Gasteiger partial charge is 0.326 e. The zero-order valence-electron chi connectivity index (χ0n) is 9.17. The maximum Gasteiger partial charge on any atom is 0.326 e. The molecule has 1 amide bonds. The standard InChI is InChI=1S/C11H13N3O3/c12-11(7-14-4-2-1-3-5-14)6-8(9(15)16)13-10(11)17/h1-5,8H,6-7,12H2,(H-,13,15,16,17)/p+1. The Morgan fingerprint density at radius 3 is 2.71 bits per heavy atom. The first-order valence-electron chi connectivity index (χ1n) is 5.28. The van der Waals surface area contributed by atoms with E-state index in [2.05, 4.69) is 5.32 Å². The molecular formula is C11H14N3O3+. The molecule has 0 radical (unpaired) electrons. The molecule has 2 unspecified atom stereocenters. The molecule has 1 aliphatic heterocycles. The van der Waals surface area contributed by atoms with Crippen LogP contribution in [0, 0.1) is 0 Å². The van der Waals surface area contributed by atoms with Gasteiger partial charge in [0.25, 0.3) is 0 Å². The normalized spacial score (nSPS) is 27.8. The minimum absolute atomic E-state index is 0.100. The van der Waals surface area contributed by atoms with Gasteiger partial charge < -0.3 is 16.2 Å². The highest BCUT2D eigenvalue weighted by atomic mass is 16.4. The van der Waals surface area contributed by atoms with Crippen molar-refractivity contribution in [3.8, 4) is 0 Å². The number of pyridine rings is 1. The summed E-state index contributed by atoms with van der Waals surface area (Å²) in [5, 5.41) is 11.2. The largest absolute Gasteiger partial charge is 0.480 e. The number of nitrogens with zero attached hydrogens (tertiary/aromatic N) is 1. The van der Waals surface area contributed by atoms with Crippen molar-refractivity contribution in [3.05, 3.63) is 30.6 Å². The van der Waals surface area contributed by atoms with Crippen LogP contribution in [0.1, 0.15) is 6.42 Å². The van der Waals surface area contributed by atoms with E-state index in [4.69, 9.17) is 10.8 Å². The van der Waals surface area contributed by atoms with E-state index < -0.39 is 23.5 Å². The Morgan fingerprint density at radius 2 is 2.18 bits per heavy atom. The molecule has 90 valence electrons. The van der Waals surface area contributed by atoms with Crippen LogP contribution in [0.3, 0.4) is 0 Å². The predicted molar refractivity (Wildman–Crippen MR) is 57.7 cm³/mol. The van der Waals surface area contributed by atoms with Gasteiger partial charge in [-0.3, -0.25) is 4.79 Å². The fraction of sp³-hybridized carbons (Fsp3) is 0.364. The van der Waals surface area contributed by atoms with E-state index in [9.17, 15) is 9.59 Å². The highest BCUT2D eigenvalue weighted by Gasteiger charge is 2.49. The molecule has 1 saturated heterocycles. The van der Waals surface area contributed by atoms with E-state index >= 15 is 0 Å². The quantitative estimate of drug-likeness (QED) is 0.565. The second-order valence-electron chi connectivity index (χ2n) is 4.27. The van der Waals surface area contributed by atoms with Gasteiger partial charge in [0.15, 0.2) is 24.5 Å². The van der Waals surface area contributed by atoms with Crippen LogP contribution in [0.15, 0.2) is 30.6 Å². The summed E-state index contributed by atoms with van der Waals surface area (Å²) >= 11 is 0. The van der Waals surface area contributed by atoms with E-state index in [-0.39, 0.29) is 13.0 Å². The van der Waals surface area contributed by atoms with Crippen LogP contribution in [0.4, 0.5) is 0 Å². The molecule has 0 aliphatic carbocycles. The summed E-state index contributed by atoms with van der Waals surface area (Å²) in [6, 6.07) is 4.61. The molecule has 0 bridgehead atoms. The minimum atomic E-state index is -1.16. The Hall–Kier alpha value is -1.95. The summed E-state index contributed by atoms with van der Waals surface area (Å²) in [7, 11) is 0. The van der Waals surface area contributed by atoms with Crippen molar-refractivity contribution in [3.63, 3.8) is 0 Å². The third kappa shape index (κ3) is 2.26. The number of aliphatic carboxylic acids is 1. The minimum Gasteiger partial charge on any atom is -0.480 e. The molecule has 1 aromatic rings.